The molecule has 1 saturated heterocycles. The number of aryl methyl sites for hydroxylation is 2. The SMILES string of the molecule is COc1c(O[C@@H](C)[C@@H]2CCCN2C)cc2c(N[C@H](C)c3cccc(C(F)(F)C(C)(C)O)c3F)nc(C)nc2c1C. The highest BCUT2D eigenvalue weighted by Gasteiger charge is 2.49. The Morgan fingerprint density at radius 1 is 1.18 bits per heavy atom. The first kappa shape index (κ1) is 29.9. The van der Waals surface area contributed by atoms with Gasteiger partial charge in [-0.15, -0.1) is 0 Å². The third kappa shape index (κ3) is 5.43. The van der Waals surface area contributed by atoms with Gasteiger partial charge in [-0.2, -0.15) is 8.78 Å². The van der Waals surface area contributed by atoms with Crippen LogP contribution >= 0.6 is 0 Å². The third-order valence-corrected chi connectivity index (χ3v) is 7.84. The molecule has 3 aromatic rings. The number of likely N-dealkylation sites (tertiary alicyclic amines) is 1. The number of methoxy groups -OCH3 is 1. The molecule has 0 bridgehead atoms. The predicted octanol–water partition coefficient (Wildman–Crippen LogP) is 6.29. The van der Waals surface area contributed by atoms with E-state index in [-0.39, 0.29) is 17.7 Å². The lowest BCUT2D eigenvalue weighted by atomic mass is 9.91. The first-order chi connectivity index (χ1) is 18.7. The summed E-state index contributed by atoms with van der Waals surface area (Å²) in [5, 5.41) is 13.8. The summed E-state index contributed by atoms with van der Waals surface area (Å²) in [6.07, 6.45) is 2.05. The summed E-state index contributed by atoms with van der Waals surface area (Å²) in [5.41, 5.74) is -1.89. The second kappa shape index (κ2) is 11.0. The summed E-state index contributed by atoms with van der Waals surface area (Å²) < 4.78 is 57.5. The standard InChI is InChI=1S/C30H39F3N4O3/c1-16-26-21(15-24(27(16)39-8)40-18(3)23-13-10-14-37(23)7)28(36-19(4)35-26)34-17(2)20-11-9-12-22(25(20)31)30(32,33)29(5,6)38/h9,11-12,15,17-18,23,38H,10,13-14H2,1-8H3,(H,34,35,36)/t17-,18+,23+/m1/s1. The Hall–Kier alpha value is -3.11. The molecular formula is C30H39F3N4O3. The molecule has 1 aliphatic rings. The number of rotatable bonds is 9. The Bertz CT molecular complexity index is 1390. The number of fused-ring (bicyclic) bond motifs is 1. The molecule has 7 nitrogen and oxygen atoms in total. The molecule has 1 fully saturated rings. The van der Waals surface area contributed by atoms with Crippen molar-refractivity contribution in [2.75, 3.05) is 26.0 Å². The Morgan fingerprint density at radius 2 is 1.88 bits per heavy atom. The van der Waals surface area contributed by atoms with Crippen molar-refractivity contribution in [2.45, 2.75) is 84.1 Å². The molecular weight excluding hydrogens is 521 g/mol. The molecule has 0 saturated carbocycles. The van der Waals surface area contributed by atoms with Gasteiger partial charge in [0.05, 0.1) is 24.2 Å². The molecule has 40 heavy (non-hydrogen) atoms. The van der Waals surface area contributed by atoms with Crippen molar-refractivity contribution in [3.8, 4) is 11.5 Å². The van der Waals surface area contributed by atoms with Crippen LogP contribution in [0.15, 0.2) is 24.3 Å². The van der Waals surface area contributed by atoms with E-state index in [0.717, 1.165) is 44.9 Å². The molecule has 4 rings (SSSR count). The summed E-state index contributed by atoms with van der Waals surface area (Å²) in [5.74, 6) is -2.87. The van der Waals surface area contributed by atoms with Crippen molar-refractivity contribution in [3.05, 3.63) is 52.6 Å². The molecule has 0 unspecified atom stereocenters. The van der Waals surface area contributed by atoms with Crippen LogP contribution in [0.3, 0.4) is 0 Å². The van der Waals surface area contributed by atoms with Crippen LogP contribution in [-0.2, 0) is 5.92 Å². The topological polar surface area (TPSA) is 79.7 Å². The summed E-state index contributed by atoms with van der Waals surface area (Å²) >= 11 is 0. The molecule has 2 heterocycles. The fourth-order valence-electron chi connectivity index (χ4n) is 5.49. The number of hydrogen-bond donors (Lipinski definition) is 2. The van der Waals surface area contributed by atoms with Crippen molar-refractivity contribution in [1.82, 2.24) is 14.9 Å². The molecule has 0 radical (unpaired) electrons. The van der Waals surface area contributed by atoms with E-state index in [9.17, 15) is 13.9 Å². The molecule has 2 N–H and O–H groups in total. The number of anilines is 1. The van der Waals surface area contributed by atoms with Crippen molar-refractivity contribution in [1.29, 1.82) is 0 Å². The quantitative estimate of drug-likeness (QED) is 0.318. The second-order valence-corrected chi connectivity index (χ2v) is 11.3. The normalized spacial score (nSPS) is 18.1. The van der Waals surface area contributed by atoms with Gasteiger partial charge in [-0.3, -0.25) is 4.90 Å². The maximum atomic E-state index is 15.5. The van der Waals surface area contributed by atoms with Gasteiger partial charge in [0.2, 0.25) is 0 Å². The average Bonchev–Trinajstić information content (AvgIpc) is 3.30. The molecule has 0 aliphatic carbocycles. The van der Waals surface area contributed by atoms with Gasteiger partial charge < -0.3 is 19.9 Å². The lowest BCUT2D eigenvalue weighted by Gasteiger charge is -2.30. The Balaban J connectivity index is 1.75. The molecule has 3 atom stereocenters. The zero-order valence-electron chi connectivity index (χ0n) is 24.4. The molecule has 1 aromatic heterocycles. The first-order valence-electron chi connectivity index (χ1n) is 13.6. The summed E-state index contributed by atoms with van der Waals surface area (Å²) in [6, 6.07) is 5.14. The third-order valence-electron chi connectivity index (χ3n) is 7.84. The van der Waals surface area contributed by atoms with Crippen LogP contribution in [0, 0.1) is 19.7 Å². The molecule has 0 spiro atoms. The van der Waals surface area contributed by atoms with E-state index in [2.05, 4.69) is 27.2 Å². The van der Waals surface area contributed by atoms with Gasteiger partial charge in [0.1, 0.15) is 29.2 Å². The Kier molecular flexibility index (Phi) is 8.25. The number of hydrogen-bond acceptors (Lipinski definition) is 7. The average molecular weight is 561 g/mol. The fraction of sp³-hybridized carbons (Fsp3) is 0.533. The number of aliphatic hydroxyl groups is 1. The van der Waals surface area contributed by atoms with Gasteiger partial charge in [0.25, 0.3) is 0 Å². The van der Waals surface area contributed by atoms with E-state index in [0.29, 0.717) is 34.0 Å². The van der Waals surface area contributed by atoms with E-state index in [1.165, 1.54) is 12.1 Å². The molecule has 10 heteroatoms. The summed E-state index contributed by atoms with van der Waals surface area (Å²) in [4.78, 5) is 11.5. The summed E-state index contributed by atoms with van der Waals surface area (Å²) in [7, 11) is 3.67. The zero-order chi connectivity index (χ0) is 29.6. The van der Waals surface area contributed by atoms with E-state index in [1.54, 1.807) is 21.0 Å². The van der Waals surface area contributed by atoms with E-state index >= 15 is 4.39 Å². The molecule has 1 aliphatic heterocycles. The second-order valence-electron chi connectivity index (χ2n) is 11.3. The van der Waals surface area contributed by atoms with Gasteiger partial charge in [0, 0.05) is 22.6 Å². The maximum absolute atomic E-state index is 15.5. The van der Waals surface area contributed by atoms with Crippen molar-refractivity contribution < 1.29 is 27.8 Å². The number of ether oxygens (including phenoxy) is 2. The van der Waals surface area contributed by atoms with Crippen LogP contribution < -0.4 is 14.8 Å². The zero-order valence-corrected chi connectivity index (χ0v) is 24.4. The minimum Gasteiger partial charge on any atom is -0.493 e. The summed E-state index contributed by atoms with van der Waals surface area (Å²) in [6.45, 7) is 10.3. The number of halogens is 3. The highest BCUT2D eigenvalue weighted by atomic mass is 19.3. The van der Waals surface area contributed by atoms with Gasteiger partial charge >= 0.3 is 5.92 Å². The van der Waals surface area contributed by atoms with Gasteiger partial charge in [-0.1, -0.05) is 12.1 Å². The van der Waals surface area contributed by atoms with Crippen LogP contribution in [0.2, 0.25) is 0 Å². The lowest BCUT2D eigenvalue weighted by Crippen LogP contribution is -2.41. The smallest absolute Gasteiger partial charge is 0.303 e. The number of alkyl halides is 2. The van der Waals surface area contributed by atoms with Gasteiger partial charge in [0.15, 0.2) is 11.5 Å². The first-order valence-corrected chi connectivity index (χ1v) is 13.6. The maximum Gasteiger partial charge on any atom is 0.303 e. The van der Waals surface area contributed by atoms with Crippen LogP contribution in [0.25, 0.3) is 10.9 Å². The minimum absolute atomic E-state index is 0.0189. The number of nitrogens with zero attached hydrogens (tertiary/aromatic N) is 3. The van der Waals surface area contributed by atoms with E-state index in [4.69, 9.17) is 9.47 Å². The van der Waals surface area contributed by atoms with Gasteiger partial charge in [-0.25, -0.2) is 14.4 Å². The lowest BCUT2D eigenvalue weighted by molar-refractivity contribution is -0.170. The van der Waals surface area contributed by atoms with Crippen molar-refractivity contribution in [2.24, 2.45) is 0 Å². The Morgan fingerprint density at radius 3 is 2.48 bits per heavy atom. The van der Waals surface area contributed by atoms with Crippen LogP contribution in [-0.4, -0.2) is 58.4 Å². The van der Waals surface area contributed by atoms with Gasteiger partial charge in [-0.05, 0) is 80.1 Å². The largest absolute Gasteiger partial charge is 0.493 e. The highest BCUT2D eigenvalue weighted by molar-refractivity contribution is 5.94. The molecule has 0 amide bonds. The van der Waals surface area contributed by atoms with E-state index < -0.39 is 28.9 Å². The van der Waals surface area contributed by atoms with Crippen LogP contribution in [0.4, 0.5) is 19.0 Å². The molecule has 2 aromatic carbocycles. The minimum atomic E-state index is -3.80. The molecule has 218 valence electrons. The number of nitrogens with one attached hydrogen (secondary N) is 1. The monoisotopic (exact) mass is 560 g/mol. The van der Waals surface area contributed by atoms with Crippen molar-refractivity contribution >= 4 is 16.7 Å². The highest BCUT2D eigenvalue weighted by Crippen LogP contribution is 2.43. The predicted molar refractivity (Wildman–Crippen MR) is 150 cm³/mol. The number of benzene rings is 2. The van der Waals surface area contributed by atoms with Crippen LogP contribution in [0.1, 0.15) is 69.1 Å². The Labute approximate surface area is 233 Å². The van der Waals surface area contributed by atoms with Crippen molar-refractivity contribution in [3.63, 3.8) is 0 Å². The van der Waals surface area contributed by atoms with E-state index in [1.807, 2.05) is 19.9 Å². The number of likely N-dealkylation sites (N-methyl/N-ethyl adjacent to an activating group) is 1. The number of aromatic nitrogens is 2. The van der Waals surface area contributed by atoms with Crippen LogP contribution in [0.5, 0.6) is 11.5 Å². The fourth-order valence-corrected chi connectivity index (χ4v) is 5.49.